The minimum Gasteiger partial charge on any atom is -0.349 e. The molecule has 1 aromatic rings. The molecule has 21 heavy (non-hydrogen) atoms. The molecular weight excluding hydrogens is 286 g/mol. The van der Waals surface area contributed by atoms with E-state index in [4.69, 9.17) is 11.6 Å². The van der Waals surface area contributed by atoms with Gasteiger partial charge in [-0.3, -0.25) is 9.48 Å². The Morgan fingerprint density at radius 2 is 2.10 bits per heavy atom. The van der Waals surface area contributed by atoms with Crippen LogP contribution in [0.4, 0.5) is 0 Å². The van der Waals surface area contributed by atoms with Gasteiger partial charge >= 0.3 is 0 Å². The van der Waals surface area contributed by atoms with Gasteiger partial charge < -0.3 is 5.32 Å². The van der Waals surface area contributed by atoms with Crippen LogP contribution < -0.4 is 5.32 Å². The Morgan fingerprint density at radius 3 is 2.86 bits per heavy atom. The summed E-state index contributed by atoms with van der Waals surface area (Å²) in [4.78, 5) is 12.5. The molecule has 3 aliphatic carbocycles. The Kier molecular flexibility index (Phi) is 3.25. The molecule has 0 radical (unpaired) electrons. The van der Waals surface area contributed by atoms with E-state index in [1.807, 2.05) is 0 Å². The SMILES string of the molecule is Cn1ncc(C(=O)NC2CCC3CC4CC(C3)C2C4)c1Cl. The Hall–Kier alpha value is -1.03. The normalized spacial score (nSPS) is 37.5. The number of carbonyl (C=O) groups is 1. The summed E-state index contributed by atoms with van der Waals surface area (Å²) < 4.78 is 1.54. The fourth-order valence-electron chi connectivity index (χ4n) is 5.09. The highest BCUT2D eigenvalue weighted by molar-refractivity contribution is 6.32. The standard InChI is InChI=1S/C16H22ClN3O/c1-20-15(17)13(8-18-20)16(21)19-14-3-2-9-4-10-6-11(5-9)12(14)7-10/h8-12,14H,2-7H2,1H3,(H,19,21). The molecule has 1 amide bonds. The smallest absolute Gasteiger partial charge is 0.256 e. The summed E-state index contributed by atoms with van der Waals surface area (Å²) in [6.07, 6.45) is 9.49. The van der Waals surface area contributed by atoms with Gasteiger partial charge in [0.2, 0.25) is 0 Å². The van der Waals surface area contributed by atoms with E-state index in [0.29, 0.717) is 22.7 Å². The molecule has 3 saturated carbocycles. The first kappa shape index (κ1) is 13.6. The predicted octanol–water partition coefficient (Wildman–Crippen LogP) is 3.02. The molecule has 114 valence electrons. The minimum atomic E-state index is -0.0562. The summed E-state index contributed by atoms with van der Waals surface area (Å²) in [7, 11) is 1.76. The molecule has 0 saturated heterocycles. The number of hydrogen-bond acceptors (Lipinski definition) is 2. The van der Waals surface area contributed by atoms with Crippen LogP contribution in [0.5, 0.6) is 0 Å². The van der Waals surface area contributed by atoms with E-state index in [1.165, 1.54) is 36.8 Å². The van der Waals surface area contributed by atoms with Gasteiger partial charge in [0.15, 0.2) is 0 Å². The summed E-state index contributed by atoms with van der Waals surface area (Å²) in [6.45, 7) is 0. The third-order valence-corrected chi connectivity index (χ3v) is 6.43. The van der Waals surface area contributed by atoms with E-state index in [0.717, 1.165) is 24.2 Å². The number of hydrogen-bond donors (Lipinski definition) is 1. The van der Waals surface area contributed by atoms with Crippen LogP contribution in [-0.2, 0) is 7.05 Å². The molecule has 1 aromatic heterocycles. The molecule has 0 aromatic carbocycles. The van der Waals surface area contributed by atoms with E-state index < -0.39 is 0 Å². The Balaban J connectivity index is 1.52. The lowest BCUT2D eigenvalue weighted by Gasteiger charge is -2.26. The lowest BCUT2D eigenvalue weighted by atomic mass is 9.80. The quantitative estimate of drug-likeness (QED) is 0.913. The van der Waals surface area contributed by atoms with Crippen molar-refractivity contribution >= 4 is 17.5 Å². The number of nitrogens with zero attached hydrogens (tertiary/aromatic N) is 2. The van der Waals surface area contributed by atoms with Gasteiger partial charge in [-0.1, -0.05) is 11.6 Å². The van der Waals surface area contributed by atoms with Crippen molar-refractivity contribution in [3.05, 3.63) is 16.9 Å². The predicted molar refractivity (Wildman–Crippen MR) is 81.1 cm³/mol. The highest BCUT2D eigenvalue weighted by atomic mass is 35.5. The largest absolute Gasteiger partial charge is 0.349 e. The van der Waals surface area contributed by atoms with Gasteiger partial charge in [-0.2, -0.15) is 5.10 Å². The van der Waals surface area contributed by atoms with Crippen LogP contribution >= 0.6 is 11.6 Å². The fourth-order valence-corrected chi connectivity index (χ4v) is 5.27. The summed E-state index contributed by atoms with van der Waals surface area (Å²) in [5, 5.41) is 7.75. The number of amides is 1. The number of aryl methyl sites for hydroxylation is 1. The van der Waals surface area contributed by atoms with E-state index in [1.54, 1.807) is 13.2 Å². The van der Waals surface area contributed by atoms with Crippen molar-refractivity contribution < 1.29 is 4.79 Å². The lowest BCUT2D eigenvalue weighted by Crippen LogP contribution is -2.41. The van der Waals surface area contributed by atoms with Gasteiger partial charge in [-0.25, -0.2) is 0 Å². The first-order valence-corrected chi connectivity index (χ1v) is 8.48. The molecule has 5 heteroatoms. The van der Waals surface area contributed by atoms with Crippen molar-refractivity contribution in [2.75, 3.05) is 0 Å². The van der Waals surface area contributed by atoms with Gasteiger partial charge in [0.25, 0.3) is 5.91 Å². The van der Waals surface area contributed by atoms with Crippen LogP contribution in [0.25, 0.3) is 0 Å². The molecular formula is C16H22ClN3O. The highest BCUT2D eigenvalue weighted by Crippen LogP contribution is 2.53. The topological polar surface area (TPSA) is 46.9 Å². The second kappa shape index (κ2) is 5.01. The maximum absolute atomic E-state index is 12.5. The van der Waals surface area contributed by atoms with Crippen LogP contribution in [0.2, 0.25) is 5.15 Å². The van der Waals surface area contributed by atoms with Gasteiger partial charge in [-0.05, 0) is 62.2 Å². The molecule has 5 unspecified atom stereocenters. The highest BCUT2D eigenvalue weighted by Gasteiger charge is 2.46. The van der Waals surface area contributed by atoms with Crippen molar-refractivity contribution in [3.8, 4) is 0 Å². The van der Waals surface area contributed by atoms with Crippen LogP contribution in [0.1, 0.15) is 48.9 Å². The molecule has 4 nitrogen and oxygen atoms in total. The minimum absolute atomic E-state index is 0.0562. The average Bonchev–Trinajstić information content (AvgIpc) is 2.91. The van der Waals surface area contributed by atoms with Crippen molar-refractivity contribution in [3.63, 3.8) is 0 Å². The zero-order valence-corrected chi connectivity index (χ0v) is 13.1. The maximum Gasteiger partial charge on any atom is 0.256 e. The summed E-state index contributed by atoms with van der Waals surface area (Å²) >= 11 is 6.13. The number of aromatic nitrogens is 2. The van der Waals surface area contributed by atoms with E-state index in [-0.39, 0.29) is 5.91 Å². The molecule has 1 heterocycles. The van der Waals surface area contributed by atoms with Gasteiger partial charge in [-0.15, -0.1) is 0 Å². The second-order valence-corrected chi connectivity index (χ2v) is 7.59. The summed E-state index contributed by atoms with van der Waals surface area (Å²) in [5.41, 5.74) is 0.503. The van der Waals surface area contributed by atoms with Gasteiger partial charge in [0.1, 0.15) is 5.15 Å². The van der Waals surface area contributed by atoms with Crippen molar-refractivity contribution in [2.24, 2.45) is 30.7 Å². The first-order valence-electron chi connectivity index (χ1n) is 8.10. The lowest BCUT2D eigenvalue weighted by molar-refractivity contribution is 0.0913. The zero-order chi connectivity index (χ0) is 14.6. The average molecular weight is 308 g/mol. The van der Waals surface area contributed by atoms with Crippen molar-refractivity contribution in [2.45, 2.75) is 44.6 Å². The third kappa shape index (κ3) is 2.28. The maximum atomic E-state index is 12.5. The number of nitrogens with one attached hydrogen (secondary N) is 1. The third-order valence-electron chi connectivity index (χ3n) is 5.98. The molecule has 3 fully saturated rings. The number of halogens is 1. The molecule has 0 spiro atoms. The van der Waals surface area contributed by atoms with Crippen molar-refractivity contribution in [1.82, 2.24) is 15.1 Å². The Bertz CT molecular complexity index is 570. The van der Waals surface area contributed by atoms with Crippen LogP contribution in [0.3, 0.4) is 0 Å². The second-order valence-electron chi connectivity index (χ2n) is 7.23. The monoisotopic (exact) mass is 307 g/mol. The molecule has 4 rings (SSSR count). The molecule has 5 atom stereocenters. The van der Waals surface area contributed by atoms with Crippen LogP contribution in [0.15, 0.2) is 6.20 Å². The summed E-state index contributed by atoms with van der Waals surface area (Å²) in [6, 6.07) is 0.328. The van der Waals surface area contributed by atoms with Crippen LogP contribution in [-0.4, -0.2) is 21.7 Å². The van der Waals surface area contributed by atoms with E-state index >= 15 is 0 Å². The Labute approximate surface area is 130 Å². The molecule has 0 aliphatic heterocycles. The molecule has 1 N–H and O–H groups in total. The van der Waals surface area contributed by atoms with Gasteiger partial charge in [0, 0.05) is 13.1 Å². The Morgan fingerprint density at radius 1 is 1.29 bits per heavy atom. The van der Waals surface area contributed by atoms with Crippen molar-refractivity contribution in [1.29, 1.82) is 0 Å². The molecule has 3 aliphatic rings. The van der Waals surface area contributed by atoms with E-state index in [9.17, 15) is 4.79 Å². The number of carbonyl (C=O) groups excluding carboxylic acids is 1. The van der Waals surface area contributed by atoms with E-state index in [2.05, 4.69) is 10.4 Å². The number of fused-ring (bicyclic) bond motifs is 2. The first-order chi connectivity index (χ1) is 10.1. The van der Waals surface area contributed by atoms with Gasteiger partial charge in [0.05, 0.1) is 11.8 Å². The van der Waals surface area contributed by atoms with Crippen LogP contribution in [0, 0.1) is 23.7 Å². The fraction of sp³-hybridized carbons (Fsp3) is 0.750. The molecule has 3 bridgehead atoms. The zero-order valence-electron chi connectivity index (χ0n) is 12.4. The summed E-state index contributed by atoms with van der Waals surface area (Å²) in [5.74, 6) is 3.29. The number of rotatable bonds is 2.